The summed E-state index contributed by atoms with van der Waals surface area (Å²) in [4.78, 5) is 5.45. The van der Waals surface area contributed by atoms with Gasteiger partial charge in [0.15, 0.2) is 0 Å². The van der Waals surface area contributed by atoms with Crippen molar-refractivity contribution >= 4 is 11.5 Å². The molecule has 4 rings (SSSR count). The Balaban J connectivity index is 1.81. The summed E-state index contributed by atoms with van der Waals surface area (Å²) in [7, 11) is 0. The van der Waals surface area contributed by atoms with E-state index in [1.807, 2.05) is 6.92 Å². The van der Waals surface area contributed by atoms with Crippen LogP contribution in [-0.2, 0) is 0 Å². The molecule has 3 aliphatic rings. The quantitative estimate of drug-likeness (QED) is 0.746. The molecule has 1 aromatic carbocycles. The summed E-state index contributed by atoms with van der Waals surface area (Å²) in [6, 6.07) is 6.34. The summed E-state index contributed by atoms with van der Waals surface area (Å²) in [6.07, 6.45) is 9.03. The largest absolute Gasteiger partial charge is 0.359 e. The van der Waals surface area contributed by atoms with Crippen molar-refractivity contribution in [3.8, 4) is 0 Å². The van der Waals surface area contributed by atoms with E-state index in [-0.39, 0.29) is 17.4 Å². The van der Waals surface area contributed by atoms with Gasteiger partial charge in [0.05, 0.1) is 5.70 Å². The maximum atomic E-state index is 14.2. The molecule has 1 saturated heterocycles. The number of hydrogen-bond donors (Lipinski definition) is 1. The van der Waals surface area contributed by atoms with Crippen molar-refractivity contribution in [2.75, 3.05) is 0 Å². The van der Waals surface area contributed by atoms with Crippen molar-refractivity contribution in [2.45, 2.75) is 19.8 Å². The van der Waals surface area contributed by atoms with Crippen LogP contribution < -0.4 is 5.32 Å². The number of benzene rings is 1. The lowest BCUT2D eigenvalue weighted by molar-refractivity contribution is 0.502. The number of aliphatic imine (C=N–C) groups is 1. The Morgan fingerprint density at radius 1 is 1.21 bits per heavy atom. The zero-order valence-electron chi connectivity index (χ0n) is 15.7. The lowest BCUT2D eigenvalue weighted by atomic mass is 9.87. The van der Waals surface area contributed by atoms with Gasteiger partial charge in [-0.2, -0.15) is 4.39 Å². The van der Waals surface area contributed by atoms with E-state index >= 15 is 0 Å². The minimum Gasteiger partial charge on any atom is -0.359 e. The molecular formula is C23H21F2N3. The highest BCUT2D eigenvalue weighted by atomic mass is 19.1. The maximum Gasteiger partial charge on any atom is 0.236 e. The second-order valence-corrected chi connectivity index (χ2v) is 7.11. The molecule has 0 bridgehead atoms. The van der Waals surface area contributed by atoms with Gasteiger partial charge >= 0.3 is 0 Å². The zero-order valence-corrected chi connectivity index (χ0v) is 15.7. The van der Waals surface area contributed by atoms with Gasteiger partial charge < -0.3 is 10.2 Å². The van der Waals surface area contributed by atoms with E-state index in [9.17, 15) is 8.78 Å². The molecule has 5 heteroatoms. The van der Waals surface area contributed by atoms with Crippen LogP contribution in [0.4, 0.5) is 8.78 Å². The molecule has 0 spiro atoms. The van der Waals surface area contributed by atoms with E-state index in [4.69, 9.17) is 0 Å². The Bertz CT molecular complexity index is 1010. The van der Waals surface area contributed by atoms with Gasteiger partial charge in [-0.3, -0.25) is 0 Å². The highest BCUT2D eigenvalue weighted by Gasteiger charge is 2.29. The maximum absolute atomic E-state index is 14.2. The average molecular weight is 377 g/mol. The molecule has 0 saturated carbocycles. The van der Waals surface area contributed by atoms with Crippen LogP contribution in [0.2, 0.25) is 0 Å². The summed E-state index contributed by atoms with van der Waals surface area (Å²) < 4.78 is 27.6. The van der Waals surface area contributed by atoms with Crippen LogP contribution in [0.3, 0.4) is 0 Å². The third-order valence-corrected chi connectivity index (χ3v) is 5.24. The molecule has 2 aliphatic heterocycles. The third kappa shape index (κ3) is 3.24. The minimum absolute atomic E-state index is 0.0174. The summed E-state index contributed by atoms with van der Waals surface area (Å²) in [5.41, 5.74) is 6.16. The van der Waals surface area contributed by atoms with Gasteiger partial charge in [-0.05, 0) is 42.2 Å². The lowest BCUT2D eigenvalue weighted by Gasteiger charge is -2.33. The Hall–Kier alpha value is -3.21. The molecule has 0 amide bonds. The van der Waals surface area contributed by atoms with E-state index in [0.29, 0.717) is 0 Å². The van der Waals surface area contributed by atoms with Crippen LogP contribution in [0.5, 0.6) is 0 Å². The summed E-state index contributed by atoms with van der Waals surface area (Å²) in [6.45, 7) is 9.85. The number of nitrogens with one attached hydrogen (secondary N) is 1. The van der Waals surface area contributed by atoms with Gasteiger partial charge in [0.1, 0.15) is 5.82 Å². The molecule has 1 fully saturated rings. The van der Waals surface area contributed by atoms with E-state index in [0.717, 1.165) is 41.1 Å². The number of halogens is 2. The monoisotopic (exact) mass is 377 g/mol. The van der Waals surface area contributed by atoms with E-state index in [1.165, 1.54) is 23.9 Å². The van der Waals surface area contributed by atoms with Crippen LogP contribution >= 0.6 is 0 Å². The molecule has 28 heavy (non-hydrogen) atoms. The predicted octanol–water partition coefficient (Wildman–Crippen LogP) is 5.56. The number of fused-ring (bicyclic) bond motifs is 1. The molecule has 3 nitrogen and oxygen atoms in total. The summed E-state index contributed by atoms with van der Waals surface area (Å²) in [5, 5.41) is 3.29. The first kappa shape index (κ1) is 18.2. The highest BCUT2D eigenvalue weighted by molar-refractivity contribution is 5.93. The Morgan fingerprint density at radius 3 is 2.71 bits per heavy atom. The van der Waals surface area contributed by atoms with Crippen LogP contribution in [-0.4, -0.2) is 10.9 Å². The Kier molecular flexibility index (Phi) is 4.59. The van der Waals surface area contributed by atoms with Gasteiger partial charge in [-0.15, -0.1) is 0 Å². The number of hydrogen-bond acceptors (Lipinski definition) is 3. The first-order valence-electron chi connectivity index (χ1n) is 9.15. The fraction of sp³-hybridized carbons (Fsp3) is 0.174. The molecule has 2 heterocycles. The zero-order chi connectivity index (χ0) is 19.8. The second-order valence-electron chi connectivity index (χ2n) is 7.11. The van der Waals surface area contributed by atoms with Gasteiger partial charge in [0, 0.05) is 41.8 Å². The third-order valence-electron chi connectivity index (χ3n) is 5.24. The molecule has 0 aromatic heterocycles. The fourth-order valence-electron chi connectivity index (χ4n) is 3.86. The van der Waals surface area contributed by atoms with Crippen LogP contribution in [0, 0.1) is 11.7 Å². The topological polar surface area (TPSA) is 27.6 Å². The normalized spacial score (nSPS) is 22.2. The van der Waals surface area contributed by atoms with Crippen molar-refractivity contribution in [3.63, 3.8) is 0 Å². The smallest absolute Gasteiger partial charge is 0.236 e. The van der Waals surface area contributed by atoms with Gasteiger partial charge in [0.25, 0.3) is 0 Å². The molecule has 1 unspecified atom stereocenters. The van der Waals surface area contributed by atoms with Crippen molar-refractivity contribution in [1.29, 1.82) is 0 Å². The standard InChI is InChI=1S/C23H21F2N3/c1-14-12-19-13-18(6-9-21(19)27-14)22(28-11-10-26-23(25)16(28)3)15(2)17-4-7-20(24)8-5-17/h4-5,7-11,13,18,27H,1,3,6,12H2,2H3/b22-15+. The van der Waals surface area contributed by atoms with E-state index < -0.39 is 5.97 Å². The molecule has 1 aliphatic carbocycles. The van der Waals surface area contributed by atoms with Crippen LogP contribution in [0.15, 0.2) is 95.3 Å². The van der Waals surface area contributed by atoms with Crippen molar-refractivity contribution in [2.24, 2.45) is 10.9 Å². The number of nitrogens with zero attached hydrogens (tertiary/aromatic N) is 2. The summed E-state index contributed by atoms with van der Waals surface area (Å²) in [5.74, 6) is -0.882. The molecule has 1 atom stereocenters. The van der Waals surface area contributed by atoms with Crippen LogP contribution in [0.1, 0.15) is 25.3 Å². The summed E-state index contributed by atoms with van der Waals surface area (Å²) >= 11 is 0. The highest BCUT2D eigenvalue weighted by Crippen LogP contribution is 2.39. The average Bonchev–Trinajstić information content (AvgIpc) is 3.05. The van der Waals surface area contributed by atoms with Crippen molar-refractivity contribution in [1.82, 2.24) is 10.2 Å². The first-order chi connectivity index (χ1) is 13.4. The van der Waals surface area contributed by atoms with E-state index in [1.54, 1.807) is 23.2 Å². The predicted molar refractivity (Wildman–Crippen MR) is 109 cm³/mol. The molecule has 1 aromatic rings. The van der Waals surface area contributed by atoms with Gasteiger partial charge in [-0.25, -0.2) is 9.38 Å². The van der Waals surface area contributed by atoms with Gasteiger partial charge in [-0.1, -0.05) is 37.4 Å². The van der Waals surface area contributed by atoms with Crippen molar-refractivity contribution < 1.29 is 8.78 Å². The van der Waals surface area contributed by atoms with Crippen LogP contribution in [0.25, 0.3) is 5.57 Å². The lowest BCUT2D eigenvalue weighted by Crippen LogP contribution is -2.27. The molecule has 142 valence electrons. The van der Waals surface area contributed by atoms with E-state index in [2.05, 4.69) is 35.6 Å². The number of rotatable bonds is 3. The molecular weight excluding hydrogens is 356 g/mol. The van der Waals surface area contributed by atoms with Crippen molar-refractivity contribution in [3.05, 3.63) is 102 Å². The fourth-order valence-corrected chi connectivity index (χ4v) is 3.86. The molecule has 0 radical (unpaired) electrons. The Labute approximate surface area is 163 Å². The van der Waals surface area contributed by atoms with Gasteiger partial charge in [0.2, 0.25) is 5.97 Å². The number of allylic oxidation sites excluding steroid dienone is 6. The minimum atomic E-state index is -0.609. The molecule has 1 N–H and O–H groups in total. The first-order valence-corrected chi connectivity index (χ1v) is 9.15. The Morgan fingerprint density at radius 2 is 1.96 bits per heavy atom. The second kappa shape index (κ2) is 7.08. The SMILES string of the molecule is C=C1CC2=CC(/C(=C(/C)c3ccc(F)cc3)N3C=CN=C(F)C3=C)CC=C2N1.